The van der Waals surface area contributed by atoms with E-state index in [4.69, 9.17) is 14.2 Å². The maximum absolute atomic E-state index is 6.12. The maximum atomic E-state index is 6.12. The van der Waals surface area contributed by atoms with Gasteiger partial charge in [-0.15, -0.1) is 0 Å². The summed E-state index contributed by atoms with van der Waals surface area (Å²) in [4.78, 5) is 6.81. The predicted molar refractivity (Wildman–Crippen MR) is 114 cm³/mol. The van der Waals surface area contributed by atoms with E-state index in [2.05, 4.69) is 35.0 Å². The lowest BCUT2D eigenvalue weighted by molar-refractivity contribution is 0.0580. The van der Waals surface area contributed by atoms with E-state index in [1.165, 1.54) is 5.56 Å². The van der Waals surface area contributed by atoms with Crippen molar-refractivity contribution in [1.82, 2.24) is 9.88 Å². The molecule has 0 N–H and O–H groups in total. The molecule has 1 aliphatic heterocycles. The molecule has 2 aromatic carbocycles. The van der Waals surface area contributed by atoms with Crippen LogP contribution in [0, 0.1) is 0 Å². The molecule has 0 fully saturated rings. The average molecular weight is 390 g/mol. The quantitative estimate of drug-likeness (QED) is 0.598. The van der Waals surface area contributed by atoms with Gasteiger partial charge >= 0.3 is 0 Å². The van der Waals surface area contributed by atoms with Crippen molar-refractivity contribution in [3.05, 3.63) is 72.6 Å². The van der Waals surface area contributed by atoms with Crippen LogP contribution in [0.15, 0.2) is 67.0 Å². The van der Waals surface area contributed by atoms with Gasteiger partial charge in [-0.2, -0.15) is 0 Å². The number of methoxy groups -OCH3 is 1. The molecule has 3 aromatic rings. The van der Waals surface area contributed by atoms with Gasteiger partial charge in [0.2, 0.25) is 0 Å². The Balaban J connectivity index is 1.42. The first-order valence-corrected chi connectivity index (χ1v) is 9.94. The molecule has 4 rings (SSSR count). The highest BCUT2D eigenvalue weighted by Gasteiger charge is 2.22. The highest BCUT2D eigenvalue weighted by atomic mass is 16.6. The van der Waals surface area contributed by atoms with E-state index >= 15 is 0 Å². The third-order valence-corrected chi connectivity index (χ3v) is 5.10. The standard InChI is InChI=1S/C24H26N2O3/c1-3-26(16-22-17-28-23-6-4-5-7-24(23)29-22)15-18-12-20(14-25-13-18)19-8-10-21(27-2)11-9-19/h4-14,22H,3,15-17H2,1-2H3. The lowest BCUT2D eigenvalue weighted by atomic mass is 10.1. The summed E-state index contributed by atoms with van der Waals surface area (Å²) in [6.07, 6.45) is 3.85. The second-order valence-electron chi connectivity index (χ2n) is 7.14. The molecular formula is C24H26N2O3. The van der Waals surface area contributed by atoms with Gasteiger partial charge in [0, 0.05) is 31.0 Å². The van der Waals surface area contributed by atoms with Crippen LogP contribution in [0.5, 0.6) is 17.2 Å². The van der Waals surface area contributed by atoms with E-state index in [1.807, 2.05) is 48.8 Å². The maximum Gasteiger partial charge on any atom is 0.161 e. The summed E-state index contributed by atoms with van der Waals surface area (Å²) < 4.78 is 17.2. The summed E-state index contributed by atoms with van der Waals surface area (Å²) in [5.74, 6) is 2.50. The van der Waals surface area contributed by atoms with Crippen molar-refractivity contribution in [2.24, 2.45) is 0 Å². The Hall–Kier alpha value is -3.05. The number of para-hydroxylation sites is 2. The van der Waals surface area contributed by atoms with Crippen LogP contribution >= 0.6 is 0 Å². The molecule has 0 saturated carbocycles. The van der Waals surface area contributed by atoms with E-state index < -0.39 is 0 Å². The van der Waals surface area contributed by atoms with Gasteiger partial charge in [0.05, 0.1) is 7.11 Å². The zero-order valence-electron chi connectivity index (χ0n) is 16.9. The van der Waals surface area contributed by atoms with Gasteiger partial charge in [-0.3, -0.25) is 9.88 Å². The van der Waals surface area contributed by atoms with Crippen LogP contribution in [0.1, 0.15) is 12.5 Å². The number of fused-ring (bicyclic) bond motifs is 1. The van der Waals surface area contributed by atoms with Crippen LogP contribution in [-0.4, -0.2) is 42.8 Å². The molecule has 0 saturated heterocycles. The van der Waals surface area contributed by atoms with E-state index in [0.717, 1.165) is 48.0 Å². The molecule has 29 heavy (non-hydrogen) atoms. The Morgan fingerprint density at radius 1 is 1.03 bits per heavy atom. The number of likely N-dealkylation sites (N-methyl/N-ethyl adjacent to an activating group) is 1. The number of nitrogens with zero attached hydrogens (tertiary/aromatic N) is 2. The van der Waals surface area contributed by atoms with Crippen LogP contribution in [-0.2, 0) is 6.54 Å². The monoisotopic (exact) mass is 390 g/mol. The van der Waals surface area contributed by atoms with Crippen LogP contribution in [0.4, 0.5) is 0 Å². The molecule has 0 aliphatic carbocycles. The Labute approximate surface area is 171 Å². The van der Waals surface area contributed by atoms with Crippen molar-refractivity contribution in [1.29, 1.82) is 0 Å². The number of ether oxygens (including phenoxy) is 3. The first-order chi connectivity index (χ1) is 14.2. The van der Waals surface area contributed by atoms with Crippen molar-refractivity contribution in [3.8, 4) is 28.4 Å². The number of aromatic nitrogens is 1. The highest BCUT2D eigenvalue weighted by molar-refractivity contribution is 5.63. The van der Waals surface area contributed by atoms with Crippen LogP contribution in [0.25, 0.3) is 11.1 Å². The fraction of sp³-hybridized carbons (Fsp3) is 0.292. The fourth-order valence-electron chi connectivity index (χ4n) is 3.52. The Morgan fingerprint density at radius 3 is 2.59 bits per heavy atom. The Kier molecular flexibility index (Phi) is 5.96. The summed E-state index contributed by atoms with van der Waals surface area (Å²) in [5, 5.41) is 0. The molecule has 0 spiro atoms. The minimum absolute atomic E-state index is 0.0163. The molecule has 5 heteroatoms. The minimum atomic E-state index is 0.0163. The number of pyridine rings is 1. The third-order valence-electron chi connectivity index (χ3n) is 5.10. The smallest absolute Gasteiger partial charge is 0.161 e. The van der Waals surface area contributed by atoms with E-state index in [0.29, 0.717) is 6.61 Å². The first kappa shape index (κ1) is 19.3. The molecule has 1 aliphatic rings. The number of hydrogen-bond acceptors (Lipinski definition) is 5. The van der Waals surface area contributed by atoms with E-state index in [1.54, 1.807) is 7.11 Å². The van der Waals surface area contributed by atoms with Crippen molar-refractivity contribution >= 4 is 0 Å². The van der Waals surface area contributed by atoms with Crippen LogP contribution in [0.2, 0.25) is 0 Å². The lowest BCUT2D eigenvalue weighted by Gasteiger charge is -2.30. The molecule has 0 amide bonds. The molecule has 1 unspecified atom stereocenters. The zero-order valence-corrected chi connectivity index (χ0v) is 16.9. The SMILES string of the molecule is CCN(Cc1cncc(-c2ccc(OC)cc2)c1)CC1COc2ccccc2O1. The van der Waals surface area contributed by atoms with Crippen molar-refractivity contribution < 1.29 is 14.2 Å². The summed E-state index contributed by atoms with van der Waals surface area (Å²) in [5.41, 5.74) is 3.41. The second kappa shape index (κ2) is 8.97. The van der Waals surface area contributed by atoms with Gasteiger partial charge in [0.1, 0.15) is 18.5 Å². The molecule has 1 aromatic heterocycles. The van der Waals surface area contributed by atoms with Gasteiger partial charge in [0.25, 0.3) is 0 Å². The van der Waals surface area contributed by atoms with Crippen LogP contribution < -0.4 is 14.2 Å². The zero-order chi connectivity index (χ0) is 20.1. The largest absolute Gasteiger partial charge is 0.497 e. The molecular weight excluding hydrogens is 364 g/mol. The lowest BCUT2D eigenvalue weighted by Crippen LogP contribution is -2.40. The number of benzene rings is 2. The van der Waals surface area contributed by atoms with Crippen LogP contribution in [0.3, 0.4) is 0 Å². The average Bonchev–Trinajstić information content (AvgIpc) is 2.79. The third kappa shape index (κ3) is 4.69. The topological polar surface area (TPSA) is 43.8 Å². The number of rotatable bonds is 7. The molecule has 1 atom stereocenters. The molecule has 5 nitrogen and oxygen atoms in total. The Bertz CT molecular complexity index is 943. The molecule has 0 radical (unpaired) electrons. The van der Waals surface area contributed by atoms with E-state index in [9.17, 15) is 0 Å². The molecule has 150 valence electrons. The highest BCUT2D eigenvalue weighted by Crippen LogP contribution is 2.31. The summed E-state index contributed by atoms with van der Waals surface area (Å²) in [6.45, 7) is 5.27. The van der Waals surface area contributed by atoms with Crippen molar-refractivity contribution in [2.45, 2.75) is 19.6 Å². The van der Waals surface area contributed by atoms with Gasteiger partial charge in [0.15, 0.2) is 11.5 Å². The first-order valence-electron chi connectivity index (χ1n) is 9.94. The van der Waals surface area contributed by atoms with Gasteiger partial charge in [-0.05, 0) is 48.0 Å². The summed E-state index contributed by atoms with van der Waals surface area (Å²) >= 11 is 0. The molecule has 2 heterocycles. The van der Waals surface area contributed by atoms with Crippen molar-refractivity contribution in [3.63, 3.8) is 0 Å². The van der Waals surface area contributed by atoms with Crippen molar-refractivity contribution in [2.75, 3.05) is 26.8 Å². The van der Waals surface area contributed by atoms with Gasteiger partial charge in [-0.25, -0.2) is 0 Å². The summed E-state index contributed by atoms with van der Waals surface area (Å²) in [7, 11) is 1.68. The van der Waals surface area contributed by atoms with Gasteiger partial charge < -0.3 is 14.2 Å². The molecule has 0 bridgehead atoms. The second-order valence-corrected chi connectivity index (χ2v) is 7.14. The normalized spacial score (nSPS) is 15.3. The summed E-state index contributed by atoms with van der Waals surface area (Å²) in [6, 6.07) is 18.1. The fourth-order valence-corrected chi connectivity index (χ4v) is 3.52. The minimum Gasteiger partial charge on any atom is -0.497 e. The van der Waals surface area contributed by atoms with E-state index in [-0.39, 0.29) is 6.10 Å². The number of hydrogen-bond donors (Lipinski definition) is 0. The Morgan fingerprint density at radius 2 is 1.83 bits per heavy atom. The predicted octanol–water partition coefficient (Wildman–Crippen LogP) is 4.42. The van der Waals surface area contributed by atoms with Gasteiger partial charge in [-0.1, -0.05) is 31.2 Å².